The molecule has 1 aliphatic heterocycles. The Kier molecular flexibility index (Phi) is 5.34. The molecule has 1 aliphatic carbocycles. The average molecular weight is 538 g/mol. The summed E-state index contributed by atoms with van der Waals surface area (Å²) in [7, 11) is 0. The molecule has 0 saturated heterocycles. The number of thiophene rings is 1. The van der Waals surface area contributed by atoms with Gasteiger partial charge in [-0.05, 0) is 47.6 Å². The third-order valence-electron chi connectivity index (χ3n) is 6.93. The highest BCUT2D eigenvalue weighted by Gasteiger charge is 2.33. The molecule has 5 aromatic rings. The minimum atomic E-state index is -0.434. The van der Waals surface area contributed by atoms with Gasteiger partial charge in [0.2, 0.25) is 0 Å². The lowest BCUT2D eigenvalue weighted by Gasteiger charge is -2.30. The molecule has 38 heavy (non-hydrogen) atoms. The number of furan rings is 1. The summed E-state index contributed by atoms with van der Waals surface area (Å²) in [6.07, 6.45) is 3.50. The second-order valence-corrected chi connectivity index (χ2v) is 11.1. The van der Waals surface area contributed by atoms with Crippen LogP contribution in [0.25, 0.3) is 23.1 Å². The molecule has 186 valence electrons. The van der Waals surface area contributed by atoms with Crippen LogP contribution in [0.4, 0.5) is 5.69 Å². The van der Waals surface area contributed by atoms with Crippen molar-refractivity contribution >= 4 is 40.1 Å². The van der Waals surface area contributed by atoms with Crippen LogP contribution in [0.15, 0.2) is 98.0 Å². The van der Waals surface area contributed by atoms with E-state index in [1.165, 1.54) is 34.6 Å². The normalized spacial score (nSPS) is 16.5. The Morgan fingerprint density at radius 3 is 2.79 bits per heavy atom. The number of non-ortho nitro benzene ring substituents is 1. The fraction of sp³-hybridized carbons (Fsp3) is 0.103. The average Bonchev–Trinajstić information content (AvgIpc) is 3.70. The van der Waals surface area contributed by atoms with Crippen LogP contribution in [0.5, 0.6) is 0 Å². The molecule has 3 aromatic heterocycles. The van der Waals surface area contributed by atoms with Crippen molar-refractivity contribution in [1.82, 2.24) is 4.57 Å². The number of nitro groups is 1. The summed E-state index contributed by atoms with van der Waals surface area (Å²) < 4.78 is 8.32. The van der Waals surface area contributed by atoms with Crippen LogP contribution in [0.3, 0.4) is 0 Å². The van der Waals surface area contributed by atoms with Crippen molar-refractivity contribution in [2.24, 2.45) is 4.99 Å². The van der Waals surface area contributed by atoms with Crippen molar-refractivity contribution in [3.05, 3.63) is 135 Å². The number of benzene rings is 2. The zero-order valence-corrected chi connectivity index (χ0v) is 21.5. The molecule has 4 heterocycles. The monoisotopic (exact) mass is 537 g/mol. The number of aryl methyl sites for hydroxylation is 1. The Hall–Kier alpha value is -4.34. The maximum Gasteiger partial charge on any atom is 0.271 e. The zero-order valence-electron chi connectivity index (χ0n) is 19.9. The standard InChI is InChI=1S/C29H19N3O4S2/c33-28-25(16-20-11-13-23(36-20)18-6-3-7-19(15-18)32(34)35)38-29-30-26-21-8-2-1-5-17(21)10-12-22(26)27(31(28)29)24-9-4-14-37-24/h1-9,11,13-16,27H,10,12H2/b25-16+/t27-/m0/s1. The van der Waals surface area contributed by atoms with Gasteiger partial charge in [-0.1, -0.05) is 53.8 Å². The molecule has 7 rings (SSSR count). The maximum atomic E-state index is 13.8. The van der Waals surface area contributed by atoms with Crippen molar-refractivity contribution in [1.29, 1.82) is 0 Å². The van der Waals surface area contributed by atoms with Gasteiger partial charge in [0.25, 0.3) is 11.2 Å². The molecule has 2 aliphatic rings. The van der Waals surface area contributed by atoms with Gasteiger partial charge in [-0.25, -0.2) is 4.99 Å². The highest BCUT2D eigenvalue weighted by molar-refractivity contribution is 7.10. The van der Waals surface area contributed by atoms with Crippen LogP contribution in [-0.2, 0) is 6.42 Å². The molecule has 1 atom stereocenters. The van der Waals surface area contributed by atoms with Gasteiger partial charge in [-0.3, -0.25) is 19.5 Å². The summed E-state index contributed by atoms with van der Waals surface area (Å²) in [4.78, 5) is 31.3. The molecule has 0 amide bonds. The molecule has 0 bridgehead atoms. The van der Waals surface area contributed by atoms with E-state index in [0.717, 1.165) is 29.0 Å². The smallest absolute Gasteiger partial charge is 0.271 e. The lowest BCUT2D eigenvalue weighted by molar-refractivity contribution is -0.384. The van der Waals surface area contributed by atoms with Crippen molar-refractivity contribution in [3.8, 4) is 11.3 Å². The lowest BCUT2D eigenvalue weighted by Crippen LogP contribution is -2.38. The minimum absolute atomic E-state index is 0.00660. The number of thiazole rings is 1. The van der Waals surface area contributed by atoms with E-state index in [2.05, 4.69) is 24.3 Å². The molecule has 7 nitrogen and oxygen atoms in total. The molecule has 0 N–H and O–H groups in total. The number of aromatic nitrogens is 1. The van der Waals surface area contributed by atoms with Crippen molar-refractivity contribution in [3.63, 3.8) is 0 Å². The molecule has 2 aromatic carbocycles. The molecular weight excluding hydrogens is 518 g/mol. The highest BCUT2D eigenvalue weighted by atomic mass is 32.1. The van der Waals surface area contributed by atoms with E-state index in [1.54, 1.807) is 41.7 Å². The van der Waals surface area contributed by atoms with Crippen LogP contribution in [-0.4, -0.2) is 9.49 Å². The molecule has 0 saturated carbocycles. The van der Waals surface area contributed by atoms with Gasteiger partial charge in [0.15, 0.2) is 4.80 Å². The van der Waals surface area contributed by atoms with Crippen LogP contribution in [0.2, 0.25) is 0 Å². The van der Waals surface area contributed by atoms with Gasteiger partial charge in [0.1, 0.15) is 11.5 Å². The van der Waals surface area contributed by atoms with E-state index in [9.17, 15) is 14.9 Å². The molecule has 0 fully saturated rings. The van der Waals surface area contributed by atoms with Gasteiger partial charge in [0, 0.05) is 34.2 Å². The van der Waals surface area contributed by atoms with Gasteiger partial charge in [-0.15, -0.1) is 11.3 Å². The topological polar surface area (TPSA) is 90.6 Å². The number of hydrogen-bond donors (Lipinski definition) is 0. The predicted octanol–water partition coefficient (Wildman–Crippen LogP) is 5.55. The SMILES string of the molecule is O=c1/c(=C\c2ccc(-c3cccc([N+](=O)[O-])c3)o2)sc2n1[C@H](c1cccs1)C1=C(N=2)c2ccccc2CC1. The van der Waals surface area contributed by atoms with Crippen LogP contribution in [0, 0.1) is 10.1 Å². The zero-order chi connectivity index (χ0) is 25.8. The number of nitrogens with zero attached hydrogens (tertiary/aromatic N) is 3. The quantitative estimate of drug-likeness (QED) is 0.222. The second kappa shape index (κ2) is 8.90. The molecule has 0 unspecified atom stereocenters. The fourth-order valence-corrected chi connectivity index (χ4v) is 7.03. The van der Waals surface area contributed by atoms with Gasteiger partial charge in [-0.2, -0.15) is 0 Å². The molecule has 0 spiro atoms. The fourth-order valence-electron chi connectivity index (χ4n) is 5.21. The number of fused-ring (bicyclic) bond motifs is 3. The van der Waals surface area contributed by atoms with E-state index in [0.29, 0.717) is 26.4 Å². The Morgan fingerprint density at radius 1 is 1.05 bits per heavy atom. The second-order valence-electron chi connectivity index (χ2n) is 9.14. The Bertz CT molecular complexity index is 1940. The molecule has 9 heteroatoms. The predicted molar refractivity (Wildman–Crippen MR) is 148 cm³/mol. The first-order valence-corrected chi connectivity index (χ1v) is 13.8. The Labute approximate surface area is 224 Å². The first kappa shape index (κ1) is 22.8. The van der Waals surface area contributed by atoms with E-state index in [4.69, 9.17) is 9.41 Å². The van der Waals surface area contributed by atoms with Crippen molar-refractivity contribution < 1.29 is 9.34 Å². The maximum absolute atomic E-state index is 13.8. The number of nitro benzene ring substituents is 1. The molecular formula is C29H19N3O4S2. The number of rotatable bonds is 4. The van der Waals surface area contributed by atoms with Crippen LogP contribution < -0.4 is 14.9 Å². The van der Waals surface area contributed by atoms with Crippen LogP contribution >= 0.6 is 22.7 Å². The summed E-state index contributed by atoms with van der Waals surface area (Å²) >= 11 is 3.00. The largest absolute Gasteiger partial charge is 0.457 e. The minimum Gasteiger partial charge on any atom is -0.457 e. The first-order valence-electron chi connectivity index (χ1n) is 12.1. The summed E-state index contributed by atoms with van der Waals surface area (Å²) in [5, 5.41) is 13.2. The van der Waals surface area contributed by atoms with Crippen molar-refractivity contribution in [2.45, 2.75) is 18.9 Å². The summed E-state index contributed by atoms with van der Waals surface area (Å²) in [5.41, 5.74) is 5.06. The van der Waals surface area contributed by atoms with E-state index in [-0.39, 0.29) is 17.3 Å². The van der Waals surface area contributed by atoms with Gasteiger partial charge in [0.05, 0.1) is 21.2 Å². The highest BCUT2D eigenvalue weighted by Crippen LogP contribution is 2.42. The summed E-state index contributed by atoms with van der Waals surface area (Å²) in [5.74, 6) is 0.995. The van der Waals surface area contributed by atoms with Gasteiger partial charge < -0.3 is 4.42 Å². The third-order valence-corrected chi connectivity index (χ3v) is 8.83. The van der Waals surface area contributed by atoms with E-state index in [1.807, 2.05) is 22.1 Å². The Balaban J connectivity index is 1.36. The van der Waals surface area contributed by atoms with E-state index >= 15 is 0 Å². The number of allylic oxidation sites excluding steroid dienone is 1. The molecule has 0 radical (unpaired) electrons. The number of hydrogen-bond acceptors (Lipinski definition) is 7. The third kappa shape index (κ3) is 3.70. The lowest BCUT2D eigenvalue weighted by atomic mass is 9.85. The van der Waals surface area contributed by atoms with E-state index < -0.39 is 4.92 Å². The summed E-state index contributed by atoms with van der Waals surface area (Å²) in [6, 6.07) is 22.1. The first-order chi connectivity index (χ1) is 18.6. The van der Waals surface area contributed by atoms with Crippen LogP contribution in [0.1, 0.15) is 34.2 Å². The van der Waals surface area contributed by atoms with Gasteiger partial charge >= 0.3 is 0 Å². The summed E-state index contributed by atoms with van der Waals surface area (Å²) in [6.45, 7) is 0. The Morgan fingerprint density at radius 2 is 1.95 bits per heavy atom. The van der Waals surface area contributed by atoms with Crippen molar-refractivity contribution in [2.75, 3.05) is 0 Å².